The molecule has 4 N–H and O–H groups in total. The molecule has 14 heteroatoms. The lowest BCUT2D eigenvalue weighted by Crippen LogP contribution is -2.40. The number of aromatic nitrogens is 4. The lowest BCUT2D eigenvalue weighted by Gasteiger charge is -2.23. The molecule has 45 heavy (non-hydrogen) atoms. The summed E-state index contributed by atoms with van der Waals surface area (Å²) >= 11 is 0. The van der Waals surface area contributed by atoms with Crippen LogP contribution in [0.5, 0.6) is 5.75 Å². The van der Waals surface area contributed by atoms with Crippen molar-refractivity contribution in [2.45, 2.75) is 29.4 Å². The Hall–Kier alpha value is -5.09. The fourth-order valence-corrected chi connectivity index (χ4v) is 6.46. The maximum atomic E-state index is 13.3. The van der Waals surface area contributed by atoms with Crippen molar-refractivity contribution in [3.63, 3.8) is 0 Å². The number of hydrogen-bond acceptors (Lipinski definition) is 11. The van der Waals surface area contributed by atoms with E-state index in [1.165, 1.54) is 43.3 Å². The number of nitriles is 1. The highest BCUT2D eigenvalue weighted by Gasteiger charge is 2.45. The SMILES string of the molecule is COc1ccc(S(=O)(=O)N(C)C[C@@H]2O[C@H](n3cc(C#Cc4cnc5ccccc5c4)c4c(N)ncnc43)[C@@H](O)[C@H]2O)cc1C#N. The molecule has 0 aliphatic carbocycles. The summed E-state index contributed by atoms with van der Waals surface area (Å²) in [6.45, 7) is -0.303. The van der Waals surface area contributed by atoms with E-state index in [2.05, 4.69) is 26.8 Å². The highest BCUT2D eigenvalue weighted by Crippen LogP contribution is 2.35. The third kappa shape index (κ3) is 5.42. The first-order chi connectivity index (χ1) is 21.6. The normalized spacial score (nSPS) is 19.8. The number of nitrogens with two attached hydrogens (primary N) is 1. The molecule has 5 aromatic rings. The van der Waals surface area contributed by atoms with Crippen molar-refractivity contribution >= 4 is 37.8 Å². The molecule has 2 aromatic carbocycles. The zero-order valence-corrected chi connectivity index (χ0v) is 24.9. The molecule has 1 aliphatic heterocycles. The minimum Gasteiger partial charge on any atom is -0.495 e. The van der Waals surface area contributed by atoms with Crippen LogP contribution in [0.25, 0.3) is 21.9 Å². The summed E-state index contributed by atoms with van der Waals surface area (Å²) in [5.74, 6) is 6.57. The molecule has 13 nitrogen and oxygen atoms in total. The lowest BCUT2D eigenvalue weighted by atomic mass is 10.1. The molecule has 1 fully saturated rings. The number of hydrogen-bond donors (Lipinski definition) is 3. The maximum absolute atomic E-state index is 13.3. The number of likely N-dealkylation sites (N-methyl/N-ethyl adjacent to an activating group) is 1. The molecule has 1 aliphatic rings. The van der Waals surface area contributed by atoms with Crippen molar-refractivity contribution in [2.75, 3.05) is 26.4 Å². The van der Waals surface area contributed by atoms with Gasteiger partial charge in [-0.2, -0.15) is 9.57 Å². The summed E-state index contributed by atoms with van der Waals surface area (Å²) < 4.78 is 40.3. The number of pyridine rings is 1. The van der Waals surface area contributed by atoms with Crippen molar-refractivity contribution in [2.24, 2.45) is 0 Å². The Labute approximate surface area is 258 Å². The first-order valence-corrected chi connectivity index (χ1v) is 15.1. The Morgan fingerprint density at radius 3 is 2.67 bits per heavy atom. The lowest BCUT2D eigenvalue weighted by molar-refractivity contribution is -0.0373. The van der Waals surface area contributed by atoms with Gasteiger partial charge in [0.1, 0.15) is 47.9 Å². The number of aliphatic hydroxyl groups excluding tert-OH is 2. The minimum atomic E-state index is -4.10. The number of ether oxygens (including phenoxy) is 2. The largest absolute Gasteiger partial charge is 0.495 e. The number of methoxy groups -OCH3 is 1. The van der Waals surface area contributed by atoms with Crippen molar-refractivity contribution in [1.82, 2.24) is 23.8 Å². The molecule has 3 aromatic heterocycles. The first kappa shape index (κ1) is 30.0. The molecule has 0 radical (unpaired) electrons. The molecule has 0 unspecified atom stereocenters. The molecule has 1 saturated heterocycles. The number of anilines is 1. The average molecular weight is 626 g/mol. The number of aliphatic hydroxyl groups is 2. The fourth-order valence-electron chi connectivity index (χ4n) is 5.25. The van der Waals surface area contributed by atoms with Gasteiger partial charge in [-0.15, -0.1) is 0 Å². The summed E-state index contributed by atoms with van der Waals surface area (Å²) in [5, 5.41) is 32.7. The van der Waals surface area contributed by atoms with Gasteiger partial charge in [0.2, 0.25) is 10.0 Å². The summed E-state index contributed by atoms with van der Waals surface area (Å²) in [5.41, 5.74) is 8.54. The second-order valence-electron chi connectivity index (χ2n) is 10.4. The van der Waals surface area contributed by atoms with Crippen LogP contribution in [0.4, 0.5) is 5.82 Å². The van der Waals surface area contributed by atoms with Crippen LogP contribution in [0.3, 0.4) is 0 Å². The zero-order chi connectivity index (χ0) is 31.9. The van der Waals surface area contributed by atoms with Gasteiger partial charge in [0.25, 0.3) is 0 Å². The quantitative estimate of drug-likeness (QED) is 0.233. The second-order valence-corrected chi connectivity index (χ2v) is 12.4. The van der Waals surface area contributed by atoms with Crippen LogP contribution in [-0.2, 0) is 14.8 Å². The third-order valence-corrected chi connectivity index (χ3v) is 9.44. The standard InChI is InChI=1S/C31H27N7O6S/c1-37(45(41,42)22-9-10-24(43-2)21(12-22)13-32)16-25-27(39)28(40)31(44-25)38-15-20(26-29(33)35-17-36-30(26)38)8-7-18-11-19-5-3-4-6-23(19)34-14-18/h3-6,9-12,14-15,17,25,27-28,31,39-40H,16H2,1-2H3,(H2,33,35,36)/t25-,27-,28-,31-/m0/s1. The second kappa shape index (κ2) is 11.8. The van der Waals surface area contributed by atoms with E-state index in [0.717, 1.165) is 15.2 Å². The van der Waals surface area contributed by atoms with E-state index < -0.39 is 34.6 Å². The average Bonchev–Trinajstić information content (AvgIpc) is 3.56. The minimum absolute atomic E-state index is 0.0520. The molecule has 0 saturated carbocycles. The van der Waals surface area contributed by atoms with E-state index in [1.807, 2.05) is 36.4 Å². The summed E-state index contributed by atoms with van der Waals surface area (Å²) in [4.78, 5) is 12.7. The number of sulfonamides is 1. The molecular formula is C31H27N7O6S. The Morgan fingerprint density at radius 2 is 1.89 bits per heavy atom. The van der Waals surface area contributed by atoms with E-state index in [1.54, 1.807) is 12.4 Å². The summed E-state index contributed by atoms with van der Waals surface area (Å²) in [6, 6.07) is 15.4. The molecule has 0 amide bonds. The fraction of sp³-hybridized carbons (Fsp3) is 0.226. The van der Waals surface area contributed by atoms with Gasteiger partial charge in [-0.1, -0.05) is 30.0 Å². The van der Waals surface area contributed by atoms with Gasteiger partial charge in [0.05, 0.1) is 34.0 Å². The Kier molecular flexibility index (Phi) is 7.84. The van der Waals surface area contributed by atoms with Gasteiger partial charge in [-0.05, 0) is 30.3 Å². The highest BCUT2D eigenvalue weighted by molar-refractivity contribution is 7.89. The van der Waals surface area contributed by atoms with Crippen LogP contribution >= 0.6 is 0 Å². The van der Waals surface area contributed by atoms with Crippen molar-refractivity contribution in [3.8, 4) is 23.7 Å². The van der Waals surface area contributed by atoms with Crippen LogP contribution < -0.4 is 10.5 Å². The Balaban J connectivity index is 1.29. The number of nitrogens with zero attached hydrogens (tertiary/aromatic N) is 6. The van der Waals surface area contributed by atoms with Gasteiger partial charge in [-0.3, -0.25) is 4.98 Å². The van der Waals surface area contributed by atoms with Gasteiger partial charge in [-0.25, -0.2) is 18.4 Å². The highest BCUT2D eigenvalue weighted by atomic mass is 32.2. The Bertz CT molecular complexity index is 2150. The molecule has 0 bridgehead atoms. The van der Waals surface area contributed by atoms with Gasteiger partial charge in [0.15, 0.2) is 6.23 Å². The topological polar surface area (TPSA) is 190 Å². The van der Waals surface area contributed by atoms with Gasteiger partial charge >= 0.3 is 0 Å². The predicted octanol–water partition coefficient (Wildman–Crippen LogP) is 1.78. The summed E-state index contributed by atoms with van der Waals surface area (Å²) in [6.07, 6.45) is -0.644. The smallest absolute Gasteiger partial charge is 0.242 e. The van der Waals surface area contributed by atoms with E-state index >= 15 is 0 Å². The number of nitrogen functional groups attached to an aromatic ring is 1. The molecule has 6 rings (SSSR count). The third-order valence-electron chi connectivity index (χ3n) is 7.62. The Morgan fingerprint density at radius 1 is 1.09 bits per heavy atom. The molecule has 4 atom stereocenters. The van der Waals surface area contributed by atoms with Crippen LogP contribution in [0.15, 0.2) is 72.1 Å². The number of para-hydroxylation sites is 1. The van der Waals surface area contributed by atoms with Crippen molar-refractivity contribution in [1.29, 1.82) is 5.26 Å². The number of benzene rings is 2. The van der Waals surface area contributed by atoms with E-state index in [4.69, 9.17) is 15.2 Å². The van der Waals surface area contributed by atoms with Crippen LogP contribution in [0.2, 0.25) is 0 Å². The molecular weight excluding hydrogens is 598 g/mol. The maximum Gasteiger partial charge on any atom is 0.242 e. The number of fused-ring (bicyclic) bond motifs is 2. The molecule has 0 spiro atoms. The number of rotatable bonds is 6. The van der Waals surface area contributed by atoms with Gasteiger partial charge in [0, 0.05) is 36.9 Å². The summed E-state index contributed by atoms with van der Waals surface area (Å²) in [7, 11) is -1.41. The molecule has 228 valence electrons. The van der Waals surface area contributed by atoms with Crippen molar-refractivity contribution in [3.05, 3.63) is 83.9 Å². The predicted molar refractivity (Wildman–Crippen MR) is 163 cm³/mol. The first-order valence-electron chi connectivity index (χ1n) is 13.7. The van der Waals surface area contributed by atoms with Crippen molar-refractivity contribution < 1.29 is 28.1 Å². The van der Waals surface area contributed by atoms with Crippen LogP contribution in [-0.4, -0.2) is 81.5 Å². The van der Waals surface area contributed by atoms with E-state index in [0.29, 0.717) is 22.2 Å². The molecule has 4 heterocycles. The van der Waals surface area contributed by atoms with E-state index in [9.17, 15) is 23.9 Å². The van der Waals surface area contributed by atoms with E-state index in [-0.39, 0.29) is 28.6 Å². The van der Waals surface area contributed by atoms with Gasteiger partial charge < -0.3 is 30.0 Å². The zero-order valence-electron chi connectivity index (χ0n) is 24.1. The van der Waals surface area contributed by atoms with Crippen LogP contribution in [0.1, 0.15) is 22.9 Å². The van der Waals surface area contributed by atoms with Crippen LogP contribution in [0, 0.1) is 23.2 Å². The monoisotopic (exact) mass is 625 g/mol.